The second-order valence-corrected chi connectivity index (χ2v) is 6.59. The summed E-state index contributed by atoms with van der Waals surface area (Å²) in [5.74, 6) is 1.43. The fraction of sp³-hybridized carbons (Fsp3) is 0.647. The summed E-state index contributed by atoms with van der Waals surface area (Å²) in [6.45, 7) is 13.7. The van der Waals surface area contributed by atoms with Crippen LogP contribution >= 0.6 is 0 Å². The minimum absolute atomic E-state index is 0.537. The lowest BCUT2D eigenvalue weighted by Gasteiger charge is -2.38. The van der Waals surface area contributed by atoms with E-state index in [1.165, 1.54) is 24.2 Å². The SMILES string of the molecule is CC(C)CN(CC(C)C)C1CNCc2ccccc21. The maximum absolute atomic E-state index is 3.58. The number of rotatable bonds is 5. The van der Waals surface area contributed by atoms with Gasteiger partial charge in [-0.15, -0.1) is 0 Å². The Balaban J connectivity index is 2.22. The van der Waals surface area contributed by atoms with Gasteiger partial charge in [-0.3, -0.25) is 4.90 Å². The molecule has 0 saturated carbocycles. The van der Waals surface area contributed by atoms with Crippen molar-refractivity contribution in [1.82, 2.24) is 10.2 Å². The third-order valence-corrected chi connectivity index (χ3v) is 3.71. The molecule has 2 nitrogen and oxygen atoms in total. The zero-order valence-corrected chi connectivity index (χ0v) is 12.8. The summed E-state index contributed by atoms with van der Waals surface area (Å²) in [6.07, 6.45) is 0. The van der Waals surface area contributed by atoms with Crippen molar-refractivity contribution in [3.63, 3.8) is 0 Å². The first kappa shape index (κ1) is 14.5. The van der Waals surface area contributed by atoms with E-state index in [-0.39, 0.29) is 0 Å². The van der Waals surface area contributed by atoms with Crippen LogP contribution in [0.15, 0.2) is 24.3 Å². The van der Waals surface area contributed by atoms with Crippen molar-refractivity contribution in [2.24, 2.45) is 11.8 Å². The van der Waals surface area contributed by atoms with Gasteiger partial charge in [0.15, 0.2) is 0 Å². The number of fused-ring (bicyclic) bond motifs is 1. The molecule has 1 aromatic carbocycles. The quantitative estimate of drug-likeness (QED) is 0.872. The molecule has 0 aromatic heterocycles. The van der Waals surface area contributed by atoms with Crippen LogP contribution in [0.4, 0.5) is 0 Å². The molecule has 1 unspecified atom stereocenters. The molecule has 19 heavy (non-hydrogen) atoms. The third kappa shape index (κ3) is 3.80. The van der Waals surface area contributed by atoms with Crippen molar-refractivity contribution < 1.29 is 0 Å². The van der Waals surface area contributed by atoms with Gasteiger partial charge >= 0.3 is 0 Å². The molecule has 0 fully saturated rings. The van der Waals surface area contributed by atoms with E-state index in [9.17, 15) is 0 Å². The highest BCUT2D eigenvalue weighted by molar-refractivity contribution is 5.32. The predicted molar refractivity (Wildman–Crippen MR) is 82.1 cm³/mol. The van der Waals surface area contributed by atoms with E-state index in [2.05, 4.69) is 62.2 Å². The minimum Gasteiger partial charge on any atom is -0.311 e. The molecule has 1 heterocycles. The van der Waals surface area contributed by atoms with E-state index in [1.807, 2.05) is 0 Å². The van der Waals surface area contributed by atoms with Gasteiger partial charge in [0.2, 0.25) is 0 Å². The molecular weight excluding hydrogens is 232 g/mol. The third-order valence-electron chi connectivity index (χ3n) is 3.71. The summed E-state index contributed by atoms with van der Waals surface area (Å²) in [5.41, 5.74) is 3.00. The maximum atomic E-state index is 3.58. The first-order valence-electron chi connectivity index (χ1n) is 7.60. The van der Waals surface area contributed by atoms with Crippen LogP contribution < -0.4 is 5.32 Å². The molecule has 1 aliphatic rings. The standard InChI is InChI=1S/C17H28N2/c1-13(2)11-19(12-14(3)4)17-10-18-9-15-7-5-6-8-16(15)17/h5-8,13-14,17-18H,9-12H2,1-4H3. The number of nitrogens with zero attached hydrogens (tertiary/aromatic N) is 1. The van der Waals surface area contributed by atoms with Gasteiger partial charge in [-0.05, 0) is 23.0 Å². The van der Waals surface area contributed by atoms with Crippen LogP contribution in [-0.2, 0) is 6.54 Å². The normalized spacial score (nSPS) is 19.2. The largest absolute Gasteiger partial charge is 0.311 e. The Bertz CT molecular complexity index is 388. The van der Waals surface area contributed by atoms with Crippen LogP contribution in [0.3, 0.4) is 0 Å². The number of benzene rings is 1. The lowest BCUT2D eigenvalue weighted by Crippen LogP contribution is -2.42. The number of hydrogen-bond donors (Lipinski definition) is 1. The molecule has 0 aliphatic carbocycles. The highest BCUT2D eigenvalue weighted by Crippen LogP contribution is 2.28. The Morgan fingerprint density at radius 2 is 1.74 bits per heavy atom. The van der Waals surface area contributed by atoms with Crippen molar-refractivity contribution in [1.29, 1.82) is 0 Å². The molecule has 1 atom stereocenters. The van der Waals surface area contributed by atoms with Crippen LogP contribution in [0, 0.1) is 11.8 Å². The van der Waals surface area contributed by atoms with Crippen LogP contribution in [0.2, 0.25) is 0 Å². The van der Waals surface area contributed by atoms with Gasteiger partial charge in [0.05, 0.1) is 0 Å². The minimum atomic E-state index is 0.537. The zero-order valence-electron chi connectivity index (χ0n) is 12.8. The van der Waals surface area contributed by atoms with Gasteiger partial charge in [0.25, 0.3) is 0 Å². The average molecular weight is 260 g/mol. The Hall–Kier alpha value is -0.860. The van der Waals surface area contributed by atoms with Crippen LogP contribution in [0.1, 0.15) is 44.9 Å². The summed E-state index contributed by atoms with van der Waals surface area (Å²) < 4.78 is 0. The molecule has 0 saturated heterocycles. The van der Waals surface area contributed by atoms with Gasteiger partial charge in [-0.2, -0.15) is 0 Å². The van der Waals surface area contributed by atoms with Crippen LogP contribution in [-0.4, -0.2) is 24.5 Å². The maximum Gasteiger partial charge on any atom is 0.0476 e. The molecule has 1 aliphatic heterocycles. The molecule has 2 rings (SSSR count). The molecular formula is C17H28N2. The fourth-order valence-corrected chi connectivity index (χ4v) is 3.07. The average Bonchev–Trinajstić information content (AvgIpc) is 2.36. The summed E-state index contributed by atoms with van der Waals surface area (Å²) >= 11 is 0. The number of hydrogen-bond acceptors (Lipinski definition) is 2. The Morgan fingerprint density at radius 3 is 2.37 bits per heavy atom. The van der Waals surface area contributed by atoms with Crippen LogP contribution in [0.25, 0.3) is 0 Å². The van der Waals surface area contributed by atoms with Crippen LogP contribution in [0.5, 0.6) is 0 Å². The summed E-state index contributed by atoms with van der Waals surface area (Å²) in [5, 5.41) is 3.58. The Kier molecular flexibility index (Phi) is 5.00. The Labute approximate surface area is 118 Å². The number of nitrogens with one attached hydrogen (secondary N) is 1. The van der Waals surface area contributed by atoms with E-state index in [0.717, 1.165) is 13.1 Å². The highest BCUT2D eigenvalue weighted by Gasteiger charge is 2.26. The smallest absolute Gasteiger partial charge is 0.0476 e. The van der Waals surface area contributed by atoms with Crippen molar-refractivity contribution >= 4 is 0 Å². The van der Waals surface area contributed by atoms with E-state index < -0.39 is 0 Å². The van der Waals surface area contributed by atoms with E-state index in [4.69, 9.17) is 0 Å². The highest BCUT2D eigenvalue weighted by atomic mass is 15.2. The van der Waals surface area contributed by atoms with E-state index in [1.54, 1.807) is 0 Å². The molecule has 0 radical (unpaired) electrons. The van der Waals surface area contributed by atoms with E-state index in [0.29, 0.717) is 17.9 Å². The molecule has 0 bridgehead atoms. The summed E-state index contributed by atoms with van der Waals surface area (Å²) in [7, 11) is 0. The molecule has 2 heteroatoms. The van der Waals surface area contributed by atoms with Gasteiger partial charge < -0.3 is 5.32 Å². The van der Waals surface area contributed by atoms with Crippen molar-refractivity contribution in [2.75, 3.05) is 19.6 Å². The predicted octanol–water partition coefficient (Wildman–Crippen LogP) is 3.44. The summed E-state index contributed by atoms with van der Waals surface area (Å²) in [4.78, 5) is 2.67. The second kappa shape index (κ2) is 6.53. The molecule has 1 aromatic rings. The topological polar surface area (TPSA) is 15.3 Å². The lowest BCUT2D eigenvalue weighted by molar-refractivity contribution is 0.147. The molecule has 1 N–H and O–H groups in total. The van der Waals surface area contributed by atoms with E-state index >= 15 is 0 Å². The van der Waals surface area contributed by atoms with Gasteiger partial charge in [0.1, 0.15) is 0 Å². The second-order valence-electron chi connectivity index (χ2n) is 6.59. The molecule has 0 spiro atoms. The first-order valence-corrected chi connectivity index (χ1v) is 7.60. The first-order chi connectivity index (χ1) is 9.08. The summed E-state index contributed by atoms with van der Waals surface area (Å²) in [6, 6.07) is 9.44. The van der Waals surface area contributed by atoms with Gasteiger partial charge in [-0.25, -0.2) is 0 Å². The van der Waals surface area contributed by atoms with Gasteiger partial charge in [-0.1, -0.05) is 52.0 Å². The Morgan fingerprint density at radius 1 is 1.11 bits per heavy atom. The molecule has 106 valence electrons. The fourth-order valence-electron chi connectivity index (χ4n) is 3.07. The monoisotopic (exact) mass is 260 g/mol. The van der Waals surface area contributed by atoms with Gasteiger partial charge in [0, 0.05) is 32.2 Å². The van der Waals surface area contributed by atoms with Crippen molar-refractivity contribution in [3.8, 4) is 0 Å². The zero-order chi connectivity index (χ0) is 13.8. The van der Waals surface area contributed by atoms with Crippen molar-refractivity contribution in [2.45, 2.75) is 40.3 Å². The molecule has 0 amide bonds. The van der Waals surface area contributed by atoms with Crippen molar-refractivity contribution in [3.05, 3.63) is 35.4 Å². The lowest BCUT2D eigenvalue weighted by atomic mass is 9.94.